The van der Waals surface area contributed by atoms with E-state index in [2.05, 4.69) is 10.6 Å². The number of nitrogens with one attached hydrogen (secondary N) is 2. The van der Waals surface area contributed by atoms with Crippen molar-refractivity contribution in [2.45, 2.75) is 13.0 Å². The molecule has 0 radical (unpaired) electrons. The zero-order chi connectivity index (χ0) is 15.4. The van der Waals surface area contributed by atoms with Gasteiger partial charge in [0.25, 0.3) is 0 Å². The van der Waals surface area contributed by atoms with Crippen molar-refractivity contribution in [2.24, 2.45) is 0 Å². The molecule has 0 saturated heterocycles. The first-order valence-electron chi connectivity index (χ1n) is 6.24. The molecule has 2 rings (SSSR count). The Morgan fingerprint density at radius 2 is 1.62 bits per heavy atom. The summed E-state index contributed by atoms with van der Waals surface area (Å²) < 4.78 is 39.1. The number of anilines is 1. The lowest BCUT2D eigenvalue weighted by Crippen LogP contribution is -2.31. The van der Waals surface area contributed by atoms with Crippen LogP contribution in [0.4, 0.5) is 18.9 Å². The van der Waals surface area contributed by atoms with Crippen molar-refractivity contribution in [3.05, 3.63) is 65.5 Å². The van der Waals surface area contributed by atoms with Gasteiger partial charge in [0.1, 0.15) is 17.5 Å². The Labute approximate surface area is 126 Å². The van der Waals surface area contributed by atoms with E-state index >= 15 is 0 Å². The number of thiocarbonyl (C=S) groups is 1. The van der Waals surface area contributed by atoms with Crippen LogP contribution in [0, 0.1) is 17.5 Å². The standard InChI is InChI=1S/C15H13F3N2S/c1-9(10-2-4-11(16)5-3-10)19-15(21)20-14-7-6-12(17)8-13(14)18/h2-9H,1H3,(H2,19,20,21)/t9-/m0/s1. The second-order valence-corrected chi connectivity index (χ2v) is 4.90. The zero-order valence-corrected chi connectivity index (χ0v) is 12.0. The molecule has 0 spiro atoms. The minimum atomic E-state index is -0.728. The molecule has 0 unspecified atom stereocenters. The Balaban J connectivity index is 1.99. The van der Waals surface area contributed by atoms with Crippen molar-refractivity contribution < 1.29 is 13.2 Å². The van der Waals surface area contributed by atoms with E-state index in [1.54, 1.807) is 12.1 Å². The Hall–Kier alpha value is -2.08. The van der Waals surface area contributed by atoms with Gasteiger partial charge in [-0.2, -0.15) is 0 Å². The average Bonchev–Trinajstić information content (AvgIpc) is 2.42. The number of rotatable bonds is 3. The van der Waals surface area contributed by atoms with Crippen molar-refractivity contribution in [3.8, 4) is 0 Å². The van der Waals surface area contributed by atoms with Crippen molar-refractivity contribution in [3.63, 3.8) is 0 Å². The highest BCUT2D eigenvalue weighted by molar-refractivity contribution is 7.80. The molecule has 0 heterocycles. The molecule has 21 heavy (non-hydrogen) atoms. The molecule has 1 atom stereocenters. The predicted molar refractivity (Wildman–Crippen MR) is 80.5 cm³/mol. The largest absolute Gasteiger partial charge is 0.356 e. The van der Waals surface area contributed by atoms with Crippen LogP contribution in [0.15, 0.2) is 42.5 Å². The third kappa shape index (κ3) is 4.19. The van der Waals surface area contributed by atoms with E-state index in [1.165, 1.54) is 18.2 Å². The summed E-state index contributed by atoms with van der Waals surface area (Å²) in [4.78, 5) is 0. The van der Waals surface area contributed by atoms with Crippen molar-refractivity contribution >= 4 is 23.0 Å². The Bertz CT molecular complexity index is 644. The van der Waals surface area contributed by atoms with Crippen molar-refractivity contribution in [1.82, 2.24) is 5.32 Å². The molecular formula is C15H13F3N2S. The molecule has 2 nitrogen and oxygen atoms in total. The smallest absolute Gasteiger partial charge is 0.171 e. The molecule has 0 aliphatic rings. The molecule has 2 N–H and O–H groups in total. The first kappa shape index (κ1) is 15.3. The molecule has 0 aromatic heterocycles. The van der Waals surface area contributed by atoms with Crippen LogP contribution in [0.5, 0.6) is 0 Å². The predicted octanol–water partition coefficient (Wildman–Crippen LogP) is 4.15. The van der Waals surface area contributed by atoms with E-state index in [4.69, 9.17) is 12.2 Å². The summed E-state index contributed by atoms with van der Waals surface area (Å²) in [5.41, 5.74) is 0.917. The van der Waals surface area contributed by atoms with Gasteiger partial charge in [0.05, 0.1) is 11.7 Å². The van der Waals surface area contributed by atoms with Crippen LogP contribution >= 0.6 is 12.2 Å². The summed E-state index contributed by atoms with van der Waals surface area (Å²) in [6.07, 6.45) is 0. The first-order chi connectivity index (χ1) is 9.95. The minimum absolute atomic E-state index is 0.0835. The highest BCUT2D eigenvalue weighted by Gasteiger charge is 2.09. The molecule has 6 heteroatoms. The lowest BCUT2D eigenvalue weighted by molar-refractivity contribution is 0.586. The quantitative estimate of drug-likeness (QED) is 0.833. The monoisotopic (exact) mass is 310 g/mol. The van der Waals surface area contributed by atoms with Gasteiger partial charge in [-0.05, 0) is 49.0 Å². The summed E-state index contributed by atoms with van der Waals surface area (Å²) in [6, 6.07) is 8.96. The molecular weight excluding hydrogens is 297 g/mol. The molecule has 0 aliphatic carbocycles. The second kappa shape index (κ2) is 6.58. The molecule has 0 bridgehead atoms. The highest BCUT2D eigenvalue weighted by Crippen LogP contribution is 2.16. The van der Waals surface area contributed by atoms with Gasteiger partial charge in [-0.1, -0.05) is 12.1 Å². The van der Waals surface area contributed by atoms with E-state index < -0.39 is 11.6 Å². The van der Waals surface area contributed by atoms with Gasteiger partial charge in [0.15, 0.2) is 5.11 Å². The SMILES string of the molecule is C[C@H](NC(=S)Nc1ccc(F)cc1F)c1ccc(F)cc1. The first-order valence-corrected chi connectivity index (χ1v) is 6.64. The van der Waals surface area contributed by atoms with Gasteiger partial charge >= 0.3 is 0 Å². The van der Waals surface area contributed by atoms with Crippen LogP contribution in [-0.4, -0.2) is 5.11 Å². The van der Waals surface area contributed by atoms with Crippen LogP contribution in [0.1, 0.15) is 18.5 Å². The number of hydrogen-bond donors (Lipinski definition) is 2. The normalized spacial score (nSPS) is 11.8. The van der Waals surface area contributed by atoms with E-state index in [9.17, 15) is 13.2 Å². The summed E-state index contributed by atoms with van der Waals surface area (Å²) in [6.45, 7) is 1.84. The van der Waals surface area contributed by atoms with Crippen molar-refractivity contribution in [2.75, 3.05) is 5.32 Å². The van der Waals surface area contributed by atoms with E-state index in [0.29, 0.717) is 0 Å². The summed E-state index contributed by atoms with van der Waals surface area (Å²) in [5, 5.41) is 5.79. The number of hydrogen-bond acceptors (Lipinski definition) is 1. The molecule has 0 aliphatic heterocycles. The van der Waals surface area contributed by atoms with Gasteiger partial charge in [-0.3, -0.25) is 0 Å². The Kier molecular flexibility index (Phi) is 4.80. The molecule has 110 valence electrons. The lowest BCUT2D eigenvalue weighted by atomic mass is 10.1. The molecule has 0 saturated carbocycles. The lowest BCUT2D eigenvalue weighted by Gasteiger charge is -2.17. The molecule has 2 aromatic carbocycles. The van der Waals surface area contributed by atoms with Crippen LogP contribution in [0.25, 0.3) is 0 Å². The van der Waals surface area contributed by atoms with Crippen LogP contribution in [-0.2, 0) is 0 Å². The average molecular weight is 310 g/mol. The fraction of sp³-hybridized carbons (Fsp3) is 0.133. The van der Waals surface area contributed by atoms with Crippen LogP contribution in [0.2, 0.25) is 0 Å². The maximum absolute atomic E-state index is 13.5. The summed E-state index contributed by atoms with van der Waals surface area (Å²) in [7, 11) is 0. The highest BCUT2D eigenvalue weighted by atomic mass is 32.1. The fourth-order valence-electron chi connectivity index (χ4n) is 1.78. The molecule has 2 aromatic rings. The molecule has 0 amide bonds. The maximum Gasteiger partial charge on any atom is 0.171 e. The van der Waals surface area contributed by atoms with Crippen LogP contribution in [0.3, 0.4) is 0 Å². The van der Waals surface area contributed by atoms with Crippen LogP contribution < -0.4 is 10.6 Å². The topological polar surface area (TPSA) is 24.1 Å². The molecule has 0 fully saturated rings. The maximum atomic E-state index is 13.5. The second-order valence-electron chi connectivity index (χ2n) is 4.50. The minimum Gasteiger partial charge on any atom is -0.356 e. The van der Waals surface area contributed by atoms with Gasteiger partial charge in [-0.25, -0.2) is 13.2 Å². The van der Waals surface area contributed by atoms with Gasteiger partial charge in [-0.15, -0.1) is 0 Å². The van der Waals surface area contributed by atoms with Gasteiger partial charge in [0, 0.05) is 6.07 Å². The summed E-state index contributed by atoms with van der Waals surface area (Å²) >= 11 is 5.07. The van der Waals surface area contributed by atoms with E-state index in [1.807, 2.05) is 6.92 Å². The summed E-state index contributed by atoms with van der Waals surface area (Å²) in [5.74, 6) is -1.70. The van der Waals surface area contributed by atoms with Gasteiger partial charge < -0.3 is 10.6 Å². The third-order valence-electron chi connectivity index (χ3n) is 2.90. The number of benzene rings is 2. The van der Waals surface area contributed by atoms with E-state index in [-0.39, 0.29) is 22.7 Å². The zero-order valence-electron chi connectivity index (χ0n) is 11.2. The third-order valence-corrected chi connectivity index (χ3v) is 3.12. The Morgan fingerprint density at radius 3 is 2.24 bits per heavy atom. The van der Waals surface area contributed by atoms with Gasteiger partial charge in [0.2, 0.25) is 0 Å². The van der Waals surface area contributed by atoms with Crippen molar-refractivity contribution in [1.29, 1.82) is 0 Å². The fourth-order valence-corrected chi connectivity index (χ4v) is 2.07. The Morgan fingerprint density at radius 1 is 1.00 bits per heavy atom. The number of halogens is 3. The van der Waals surface area contributed by atoms with E-state index in [0.717, 1.165) is 17.7 Å².